The molecule has 2 rings (SSSR count). The molecule has 0 spiro atoms. The molecule has 0 bridgehead atoms. The van der Waals surface area contributed by atoms with Crippen molar-refractivity contribution in [1.29, 1.82) is 0 Å². The van der Waals surface area contributed by atoms with E-state index in [1.165, 1.54) is 0 Å². The molecular formula is C15H19N3O2. The highest BCUT2D eigenvalue weighted by Gasteiger charge is 2.01. The van der Waals surface area contributed by atoms with Gasteiger partial charge in [0.25, 0.3) is 0 Å². The summed E-state index contributed by atoms with van der Waals surface area (Å²) in [5.41, 5.74) is 1.03. The van der Waals surface area contributed by atoms with Crippen LogP contribution in [-0.2, 0) is 6.61 Å². The Labute approximate surface area is 119 Å². The first-order valence-electron chi connectivity index (χ1n) is 6.64. The van der Waals surface area contributed by atoms with Gasteiger partial charge in [-0.05, 0) is 24.1 Å². The summed E-state index contributed by atoms with van der Waals surface area (Å²) in [6, 6.07) is 9.52. The van der Waals surface area contributed by atoms with E-state index in [4.69, 9.17) is 9.47 Å². The van der Waals surface area contributed by atoms with Crippen LogP contribution in [0, 0.1) is 0 Å². The molecule has 106 valence electrons. The molecule has 1 aromatic heterocycles. The van der Waals surface area contributed by atoms with Crippen molar-refractivity contribution >= 4 is 5.95 Å². The number of aromatic nitrogens is 2. The quantitative estimate of drug-likeness (QED) is 0.840. The van der Waals surface area contributed by atoms with Crippen LogP contribution in [0.25, 0.3) is 0 Å². The summed E-state index contributed by atoms with van der Waals surface area (Å²) in [7, 11) is 1.65. The molecular weight excluding hydrogens is 254 g/mol. The largest absolute Gasteiger partial charge is 0.497 e. The molecule has 0 atom stereocenters. The van der Waals surface area contributed by atoms with Crippen molar-refractivity contribution in [3.63, 3.8) is 0 Å². The summed E-state index contributed by atoms with van der Waals surface area (Å²) < 4.78 is 10.8. The highest BCUT2D eigenvalue weighted by atomic mass is 16.5. The van der Waals surface area contributed by atoms with Gasteiger partial charge in [-0.25, -0.2) is 4.98 Å². The number of nitrogens with zero attached hydrogens (tertiary/aromatic N) is 2. The molecule has 0 radical (unpaired) electrons. The fraction of sp³-hybridized carbons (Fsp3) is 0.333. The number of hydrogen-bond donors (Lipinski definition) is 1. The molecule has 20 heavy (non-hydrogen) atoms. The molecule has 5 nitrogen and oxygen atoms in total. The van der Waals surface area contributed by atoms with Crippen molar-refractivity contribution in [2.45, 2.75) is 20.0 Å². The molecule has 0 amide bonds. The van der Waals surface area contributed by atoms with Gasteiger partial charge < -0.3 is 14.8 Å². The average molecular weight is 273 g/mol. The molecule has 0 aliphatic heterocycles. The zero-order chi connectivity index (χ0) is 14.2. The Hall–Kier alpha value is -2.30. The minimum atomic E-state index is 0.446. The highest BCUT2D eigenvalue weighted by molar-refractivity contribution is 5.29. The highest BCUT2D eigenvalue weighted by Crippen LogP contribution is 2.15. The van der Waals surface area contributed by atoms with E-state index in [1.54, 1.807) is 19.4 Å². The SMILES string of the molecule is CCCNc1nccc(OCc2cccc(OC)c2)n1. The third kappa shape index (κ3) is 4.12. The van der Waals surface area contributed by atoms with E-state index in [0.717, 1.165) is 24.3 Å². The van der Waals surface area contributed by atoms with Gasteiger partial charge in [0, 0.05) is 18.8 Å². The predicted octanol–water partition coefficient (Wildman–Crippen LogP) is 2.89. The Morgan fingerprint density at radius 2 is 2.15 bits per heavy atom. The molecule has 0 saturated carbocycles. The van der Waals surface area contributed by atoms with Crippen molar-refractivity contribution in [3.8, 4) is 11.6 Å². The van der Waals surface area contributed by atoms with Gasteiger partial charge in [-0.2, -0.15) is 4.98 Å². The summed E-state index contributed by atoms with van der Waals surface area (Å²) in [6.07, 6.45) is 2.71. The summed E-state index contributed by atoms with van der Waals surface area (Å²) >= 11 is 0. The molecule has 5 heteroatoms. The molecule has 0 fully saturated rings. The van der Waals surface area contributed by atoms with Crippen LogP contribution < -0.4 is 14.8 Å². The van der Waals surface area contributed by atoms with Crippen molar-refractivity contribution in [3.05, 3.63) is 42.1 Å². The number of nitrogens with one attached hydrogen (secondary N) is 1. The van der Waals surface area contributed by atoms with E-state index in [9.17, 15) is 0 Å². The number of rotatable bonds is 7. The van der Waals surface area contributed by atoms with Crippen LogP contribution in [0.2, 0.25) is 0 Å². The topological polar surface area (TPSA) is 56.3 Å². The van der Waals surface area contributed by atoms with Gasteiger partial charge in [0.1, 0.15) is 12.4 Å². The second kappa shape index (κ2) is 7.33. The minimum absolute atomic E-state index is 0.446. The fourth-order valence-corrected chi connectivity index (χ4v) is 1.66. The molecule has 0 saturated heterocycles. The Morgan fingerprint density at radius 1 is 1.25 bits per heavy atom. The van der Waals surface area contributed by atoms with Crippen LogP contribution in [-0.4, -0.2) is 23.6 Å². The monoisotopic (exact) mass is 273 g/mol. The number of hydrogen-bond acceptors (Lipinski definition) is 5. The Balaban J connectivity index is 1.95. The van der Waals surface area contributed by atoms with Crippen LogP contribution in [0.4, 0.5) is 5.95 Å². The van der Waals surface area contributed by atoms with E-state index >= 15 is 0 Å². The number of anilines is 1. The fourth-order valence-electron chi connectivity index (χ4n) is 1.66. The molecule has 0 unspecified atom stereocenters. The van der Waals surface area contributed by atoms with E-state index in [0.29, 0.717) is 18.4 Å². The summed E-state index contributed by atoms with van der Waals surface area (Å²) in [5, 5.41) is 3.13. The van der Waals surface area contributed by atoms with Crippen molar-refractivity contribution < 1.29 is 9.47 Å². The molecule has 2 aromatic rings. The zero-order valence-corrected chi connectivity index (χ0v) is 11.8. The lowest BCUT2D eigenvalue weighted by Gasteiger charge is -2.08. The molecule has 0 aliphatic carbocycles. The molecule has 1 heterocycles. The molecule has 1 N–H and O–H groups in total. The van der Waals surface area contributed by atoms with Gasteiger partial charge in [0.15, 0.2) is 0 Å². The normalized spacial score (nSPS) is 10.1. The van der Waals surface area contributed by atoms with E-state index in [2.05, 4.69) is 22.2 Å². The first-order chi connectivity index (χ1) is 9.81. The second-order valence-electron chi connectivity index (χ2n) is 4.29. The smallest absolute Gasteiger partial charge is 0.225 e. The standard InChI is InChI=1S/C15H19N3O2/c1-3-8-16-15-17-9-7-14(18-15)20-11-12-5-4-6-13(10-12)19-2/h4-7,9-10H,3,8,11H2,1-2H3,(H,16,17,18). The maximum Gasteiger partial charge on any atom is 0.225 e. The average Bonchev–Trinajstić information content (AvgIpc) is 2.51. The molecule has 1 aromatic carbocycles. The maximum absolute atomic E-state index is 5.67. The van der Waals surface area contributed by atoms with Gasteiger partial charge in [0.05, 0.1) is 7.11 Å². The van der Waals surface area contributed by atoms with Crippen molar-refractivity contribution in [2.75, 3.05) is 19.0 Å². The third-order valence-electron chi connectivity index (χ3n) is 2.68. The summed E-state index contributed by atoms with van der Waals surface area (Å²) in [4.78, 5) is 8.43. The number of ether oxygens (including phenoxy) is 2. The number of methoxy groups -OCH3 is 1. The van der Waals surface area contributed by atoms with Crippen LogP contribution in [0.3, 0.4) is 0 Å². The zero-order valence-electron chi connectivity index (χ0n) is 11.8. The van der Waals surface area contributed by atoms with E-state index in [-0.39, 0.29) is 0 Å². The van der Waals surface area contributed by atoms with Gasteiger partial charge in [-0.1, -0.05) is 19.1 Å². The Morgan fingerprint density at radius 3 is 2.95 bits per heavy atom. The maximum atomic E-state index is 5.67. The van der Waals surface area contributed by atoms with Gasteiger partial charge in [0.2, 0.25) is 11.8 Å². The Bertz CT molecular complexity index is 546. The lowest BCUT2D eigenvalue weighted by Crippen LogP contribution is -2.05. The first-order valence-corrected chi connectivity index (χ1v) is 6.64. The van der Waals surface area contributed by atoms with Crippen LogP contribution >= 0.6 is 0 Å². The third-order valence-corrected chi connectivity index (χ3v) is 2.68. The summed E-state index contributed by atoms with van der Waals surface area (Å²) in [5.74, 6) is 1.97. The number of benzene rings is 1. The Kier molecular flexibility index (Phi) is 5.17. The van der Waals surface area contributed by atoms with Crippen LogP contribution in [0.1, 0.15) is 18.9 Å². The predicted molar refractivity (Wildman–Crippen MR) is 78.1 cm³/mol. The van der Waals surface area contributed by atoms with Gasteiger partial charge in [-0.3, -0.25) is 0 Å². The van der Waals surface area contributed by atoms with Crippen LogP contribution in [0.15, 0.2) is 36.5 Å². The second-order valence-corrected chi connectivity index (χ2v) is 4.29. The lowest BCUT2D eigenvalue weighted by atomic mass is 10.2. The van der Waals surface area contributed by atoms with Crippen LogP contribution in [0.5, 0.6) is 11.6 Å². The summed E-state index contributed by atoms with van der Waals surface area (Å²) in [6.45, 7) is 3.39. The molecule has 0 aliphatic rings. The van der Waals surface area contributed by atoms with E-state index < -0.39 is 0 Å². The van der Waals surface area contributed by atoms with E-state index in [1.807, 2.05) is 24.3 Å². The van der Waals surface area contributed by atoms with Crippen molar-refractivity contribution in [2.24, 2.45) is 0 Å². The van der Waals surface area contributed by atoms with Gasteiger partial charge in [-0.15, -0.1) is 0 Å². The minimum Gasteiger partial charge on any atom is -0.497 e. The van der Waals surface area contributed by atoms with Gasteiger partial charge >= 0.3 is 0 Å². The lowest BCUT2D eigenvalue weighted by molar-refractivity contribution is 0.293. The first kappa shape index (κ1) is 14.1. The van der Waals surface area contributed by atoms with Crippen molar-refractivity contribution in [1.82, 2.24) is 9.97 Å².